The summed E-state index contributed by atoms with van der Waals surface area (Å²) in [6.45, 7) is 0.773. The molecule has 2 aromatic rings. The first kappa shape index (κ1) is 16.2. The number of carbonyl (C=O) groups excluding carboxylic acids is 1. The second-order valence-electron chi connectivity index (χ2n) is 5.96. The van der Waals surface area contributed by atoms with Crippen molar-refractivity contribution >= 4 is 17.2 Å². The van der Waals surface area contributed by atoms with E-state index in [9.17, 15) is 13.6 Å². The molecule has 0 fully saturated rings. The minimum atomic E-state index is -1.09. The lowest BCUT2D eigenvalue weighted by Gasteiger charge is -2.17. The molecular weight excluding hydrogens is 310 g/mol. The van der Waals surface area contributed by atoms with Crippen LogP contribution in [0, 0.1) is 11.6 Å². The van der Waals surface area contributed by atoms with Crippen molar-refractivity contribution in [1.82, 2.24) is 4.90 Å². The zero-order valence-corrected chi connectivity index (χ0v) is 13.6. The fourth-order valence-corrected chi connectivity index (χ4v) is 2.73. The van der Waals surface area contributed by atoms with Gasteiger partial charge >= 0.3 is 0 Å². The predicted octanol–water partition coefficient (Wildman–Crippen LogP) is 3.57. The maximum Gasteiger partial charge on any atom is 0.257 e. The third-order valence-corrected chi connectivity index (χ3v) is 4.14. The quantitative estimate of drug-likeness (QED) is 0.860. The molecule has 0 saturated carbocycles. The van der Waals surface area contributed by atoms with Gasteiger partial charge in [0.15, 0.2) is 11.6 Å². The van der Waals surface area contributed by atoms with Crippen LogP contribution in [0.2, 0.25) is 0 Å². The normalized spacial score (nSPS) is 13.8. The molecule has 24 heavy (non-hydrogen) atoms. The van der Waals surface area contributed by atoms with E-state index in [-0.39, 0.29) is 5.56 Å². The van der Waals surface area contributed by atoms with E-state index < -0.39 is 17.5 Å². The molecule has 1 amide bonds. The molecule has 0 saturated heterocycles. The van der Waals surface area contributed by atoms with Crippen molar-refractivity contribution in [2.75, 3.05) is 32.1 Å². The average Bonchev–Trinajstić information content (AvgIpc) is 3.07. The van der Waals surface area contributed by atoms with Gasteiger partial charge in [0.1, 0.15) is 0 Å². The topological polar surface area (TPSA) is 23.6 Å². The molecule has 124 valence electrons. The lowest BCUT2D eigenvalue weighted by Crippen LogP contribution is -2.29. The summed E-state index contributed by atoms with van der Waals surface area (Å²) in [5.41, 5.74) is 2.89. The summed E-state index contributed by atoms with van der Waals surface area (Å²) in [7, 11) is 3.94. The Kier molecular flexibility index (Phi) is 4.34. The van der Waals surface area contributed by atoms with Crippen LogP contribution < -0.4 is 4.90 Å². The Labute approximate surface area is 139 Å². The van der Waals surface area contributed by atoms with Crippen LogP contribution in [-0.2, 0) is 0 Å². The molecule has 0 atom stereocenters. The molecule has 0 spiro atoms. The Hall–Kier alpha value is -2.69. The van der Waals surface area contributed by atoms with Crippen LogP contribution in [0.25, 0.3) is 5.57 Å². The number of benzene rings is 2. The van der Waals surface area contributed by atoms with Crippen LogP contribution in [0.3, 0.4) is 0 Å². The first-order valence-corrected chi connectivity index (χ1v) is 7.67. The van der Waals surface area contributed by atoms with E-state index >= 15 is 0 Å². The highest BCUT2D eigenvalue weighted by Gasteiger charge is 2.24. The summed E-state index contributed by atoms with van der Waals surface area (Å²) >= 11 is 0. The number of rotatable bonds is 3. The Balaban J connectivity index is 1.74. The molecule has 0 bridgehead atoms. The van der Waals surface area contributed by atoms with Gasteiger partial charge < -0.3 is 9.80 Å². The highest BCUT2D eigenvalue weighted by Crippen LogP contribution is 2.25. The minimum Gasteiger partial charge on any atom is -0.378 e. The van der Waals surface area contributed by atoms with Crippen LogP contribution >= 0.6 is 0 Å². The van der Waals surface area contributed by atoms with Gasteiger partial charge in [-0.2, -0.15) is 0 Å². The number of hydrogen-bond donors (Lipinski definition) is 0. The van der Waals surface area contributed by atoms with Crippen molar-refractivity contribution in [1.29, 1.82) is 0 Å². The number of nitrogens with zero attached hydrogens (tertiary/aromatic N) is 2. The standard InChI is InChI=1S/C19H18F2N2O/c1-22(2)15-8-6-13(7-9-15)14-10-11-23(12-14)19(24)16-4-3-5-17(20)18(16)21/h3-10H,11-12H2,1-2H3. The third-order valence-electron chi connectivity index (χ3n) is 4.14. The molecule has 3 rings (SSSR count). The van der Waals surface area contributed by atoms with E-state index in [2.05, 4.69) is 0 Å². The Morgan fingerprint density at radius 1 is 1.08 bits per heavy atom. The molecule has 2 aromatic carbocycles. The van der Waals surface area contributed by atoms with Crippen molar-refractivity contribution in [3.8, 4) is 0 Å². The summed E-state index contributed by atoms with van der Waals surface area (Å²) in [6.07, 6.45) is 1.94. The van der Waals surface area contributed by atoms with Crippen LogP contribution in [0.5, 0.6) is 0 Å². The number of carbonyl (C=O) groups is 1. The van der Waals surface area contributed by atoms with Crippen LogP contribution in [0.1, 0.15) is 15.9 Å². The molecule has 1 heterocycles. The lowest BCUT2D eigenvalue weighted by molar-refractivity contribution is 0.0796. The minimum absolute atomic E-state index is 0.229. The van der Waals surface area contributed by atoms with Gasteiger partial charge in [-0.1, -0.05) is 24.3 Å². The maximum absolute atomic E-state index is 13.8. The summed E-state index contributed by atoms with van der Waals surface area (Å²) < 4.78 is 27.1. The van der Waals surface area contributed by atoms with Crippen LogP contribution in [-0.4, -0.2) is 38.0 Å². The first-order valence-electron chi connectivity index (χ1n) is 7.67. The van der Waals surface area contributed by atoms with Gasteiger partial charge in [0.05, 0.1) is 5.56 Å². The Bertz CT molecular complexity index is 798. The van der Waals surface area contributed by atoms with Crippen molar-refractivity contribution in [2.45, 2.75) is 0 Å². The number of anilines is 1. The molecule has 1 aliphatic heterocycles. The van der Waals surface area contributed by atoms with Crippen molar-refractivity contribution < 1.29 is 13.6 Å². The van der Waals surface area contributed by atoms with E-state index in [1.165, 1.54) is 17.0 Å². The molecule has 0 aliphatic carbocycles. The number of hydrogen-bond acceptors (Lipinski definition) is 2. The summed E-state index contributed by atoms with van der Waals surface area (Å²) in [4.78, 5) is 15.9. The lowest BCUT2D eigenvalue weighted by atomic mass is 10.1. The maximum atomic E-state index is 13.8. The fraction of sp³-hybridized carbons (Fsp3) is 0.211. The molecule has 0 N–H and O–H groups in total. The third kappa shape index (κ3) is 3.02. The zero-order chi connectivity index (χ0) is 17.3. The van der Waals surface area contributed by atoms with Crippen molar-refractivity contribution in [3.63, 3.8) is 0 Å². The van der Waals surface area contributed by atoms with Gasteiger partial charge in [0.25, 0.3) is 5.91 Å². The largest absolute Gasteiger partial charge is 0.378 e. The molecule has 5 heteroatoms. The van der Waals surface area contributed by atoms with Crippen molar-refractivity contribution in [2.24, 2.45) is 0 Å². The number of amides is 1. The molecule has 0 unspecified atom stereocenters. The van der Waals surface area contributed by atoms with E-state index in [0.29, 0.717) is 13.1 Å². The molecule has 3 nitrogen and oxygen atoms in total. The highest BCUT2D eigenvalue weighted by molar-refractivity contribution is 5.96. The molecule has 1 aliphatic rings. The van der Waals surface area contributed by atoms with Gasteiger partial charge in [-0.3, -0.25) is 4.79 Å². The van der Waals surface area contributed by atoms with E-state index in [4.69, 9.17) is 0 Å². The second kappa shape index (κ2) is 6.43. The van der Waals surface area contributed by atoms with E-state index in [1.54, 1.807) is 0 Å². The van der Waals surface area contributed by atoms with Crippen molar-refractivity contribution in [3.05, 3.63) is 71.3 Å². The highest BCUT2D eigenvalue weighted by atomic mass is 19.2. The van der Waals surface area contributed by atoms with Gasteiger partial charge in [0.2, 0.25) is 0 Å². The molecular formula is C19H18F2N2O. The Morgan fingerprint density at radius 3 is 2.46 bits per heavy atom. The number of halogens is 2. The van der Waals surface area contributed by atoms with E-state index in [0.717, 1.165) is 22.9 Å². The van der Waals surface area contributed by atoms with Gasteiger partial charge in [0, 0.05) is 32.9 Å². The van der Waals surface area contributed by atoms with Gasteiger partial charge in [-0.05, 0) is 35.4 Å². The average molecular weight is 328 g/mol. The molecule has 0 radical (unpaired) electrons. The second-order valence-corrected chi connectivity index (χ2v) is 5.96. The van der Waals surface area contributed by atoms with Crippen LogP contribution in [0.4, 0.5) is 14.5 Å². The predicted molar refractivity (Wildman–Crippen MR) is 91.0 cm³/mol. The summed E-state index contributed by atoms with van der Waals surface area (Å²) in [5, 5.41) is 0. The first-order chi connectivity index (χ1) is 11.5. The summed E-state index contributed by atoms with van der Waals surface area (Å²) in [6, 6.07) is 11.7. The fourth-order valence-electron chi connectivity index (χ4n) is 2.73. The smallest absolute Gasteiger partial charge is 0.257 e. The summed E-state index contributed by atoms with van der Waals surface area (Å²) in [5.74, 6) is -2.60. The van der Waals surface area contributed by atoms with E-state index in [1.807, 2.05) is 49.3 Å². The van der Waals surface area contributed by atoms with Gasteiger partial charge in [-0.15, -0.1) is 0 Å². The Morgan fingerprint density at radius 2 is 1.79 bits per heavy atom. The molecule has 0 aromatic heterocycles. The van der Waals surface area contributed by atoms with Crippen LogP contribution in [0.15, 0.2) is 48.5 Å². The zero-order valence-electron chi connectivity index (χ0n) is 13.6. The monoisotopic (exact) mass is 328 g/mol. The van der Waals surface area contributed by atoms with Gasteiger partial charge in [-0.25, -0.2) is 8.78 Å². The SMILES string of the molecule is CN(C)c1ccc(C2=CCN(C(=O)c3cccc(F)c3F)C2)cc1.